The highest BCUT2D eigenvalue weighted by Gasteiger charge is 2.18. The number of hydrogen-bond donors (Lipinski definition) is 2. The zero-order valence-electron chi connectivity index (χ0n) is 11.7. The molecule has 0 spiro atoms. The summed E-state index contributed by atoms with van der Waals surface area (Å²) in [4.78, 5) is 14.1. The topological polar surface area (TPSA) is 67.6 Å². The molecule has 20 heavy (non-hydrogen) atoms. The number of ether oxygens (including phenoxy) is 1. The number of piperidine rings is 1. The first-order valence-corrected chi connectivity index (χ1v) is 6.59. The Morgan fingerprint density at radius 2 is 2.35 bits per heavy atom. The van der Waals surface area contributed by atoms with Crippen molar-refractivity contribution in [3.8, 4) is 5.75 Å². The van der Waals surface area contributed by atoms with Crippen molar-refractivity contribution in [2.45, 2.75) is 18.9 Å². The van der Waals surface area contributed by atoms with Gasteiger partial charge >= 0.3 is 0 Å². The number of amides is 1. The van der Waals surface area contributed by atoms with Crippen molar-refractivity contribution >= 4 is 24.0 Å². The molecule has 1 aliphatic rings. The van der Waals surface area contributed by atoms with E-state index in [1.807, 2.05) is 18.2 Å². The SMILES string of the molecule is COc1cccc(NC(=O)CN2CCCC(N)C2)c1.Cl. The average molecular weight is 300 g/mol. The van der Waals surface area contributed by atoms with Gasteiger partial charge in [-0.15, -0.1) is 12.4 Å². The molecule has 1 aromatic carbocycles. The zero-order chi connectivity index (χ0) is 13.7. The van der Waals surface area contributed by atoms with Crippen LogP contribution in [0.3, 0.4) is 0 Å². The van der Waals surface area contributed by atoms with Gasteiger partial charge in [0.25, 0.3) is 0 Å². The molecule has 3 N–H and O–H groups in total. The number of halogens is 1. The first-order valence-electron chi connectivity index (χ1n) is 6.59. The minimum atomic E-state index is -0.0117. The Bertz CT molecular complexity index is 442. The molecular formula is C14H22ClN3O2. The zero-order valence-corrected chi connectivity index (χ0v) is 12.5. The Kier molecular flexibility index (Phi) is 6.78. The number of methoxy groups -OCH3 is 1. The number of nitrogens with one attached hydrogen (secondary N) is 1. The van der Waals surface area contributed by atoms with Gasteiger partial charge in [-0.25, -0.2) is 0 Å². The number of carbonyl (C=O) groups excluding carboxylic acids is 1. The highest BCUT2D eigenvalue weighted by Crippen LogP contribution is 2.16. The van der Waals surface area contributed by atoms with E-state index < -0.39 is 0 Å². The number of likely N-dealkylation sites (tertiary alicyclic amines) is 1. The third kappa shape index (κ3) is 5.00. The summed E-state index contributed by atoms with van der Waals surface area (Å²) in [5.41, 5.74) is 6.66. The van der Waals surface area contributed by atoms with Crippen LogP contribution in [0.15, 0.2) is 24.3 Å². The van der Waals surface area contributed by atoms with Crippen molar-refractivity contribution in [3.05, 3.63) is 24.3 Å². The van der Waals surface area contributed by atoms with E-state index in [0.717, 1.165) is 37.4 Å². The van der Waals surface area contributed by atoms with Gasteiger partial charge in [0.1, 0.15) is 5.75 Å². The molecule has 0 bridgehead atoms. The van der Waals surface area contributed by atoms with Crippen LogP contribution in [-0.4, -0.2) is 43.6 Å². The van der Waals surface area contributed by atoms with Crippen LogP contribution < -0.4 is 15.8 Å². The van der Waals surface area contributed by atoms with Gasteiger partial charge < -0.3 is 15.8 Å². The summed E-state index contributed by atoms with van der Waals surface area (Å²) in [7, 11) is 1.61. The molecule has 0 aliphatic carbocycles. The third-order valence-corrected chi connectivity index (χ3v) is 3.26. The first kappa shape index (κ1) is 16.8. The van der Waals surface area contributed by atoms with Crippen LogP contribution >= 0.6 is 12.4 Å². The van der Waals surface area contributed by atoms with Gasteiger partial charge in [0.2, 0.25) is 5.91 Å². The molecule has 1 atom stereocenters. The van der Waals surface area contributed by atoms with Gasteiger partial charge in [0.05, 0.1) is 13.7 Å². The quantitative estimate of drug-likeness (QED) is 0.884. The fraction of sp³-hybridized carbons (Fsp3) is 0.500. The van der Waals surface area contributed by atoms with Gasteiger partial charge in [0, 0.05) is 24.3 Å². The predicted octanol–water partition coefficient (Wildman–Crippen LogP) is 1.48. The van der Waals surface area contributed by atoms with Crippen molar-refractivity contribution in [1.82, 2.24) is 4.90 Å². The second-order valence-corrected chi connectivity index (χ2v) is 4.92. The number of carbonyl (C=O) groups is 1. The Labute approximate surface area is 125 Å². The van der Waals surface area contributed by atoms with E-state index in [4.69, 9.17) is 10.5 Å². The van der Waals surface area contributed by atoms with E-state index in [2.05, 4.69) is 10.2 Å². The fourth-order valence-corrected chi connectivity index (χ4v) is 2.34. The van der Waals surface area contributed by atoms with Crippen LogP contribution in [0.25, 0.3) is 0 Å². The molecule has 5 nitrogen and oxygen atoms in total. The molecule has 1 saturated heterocycles. The minimum Gasteiger partial charge on any atom is -0.497 e. The van der Waals surface area contributed by atoms with Crippen molar-refractivity contribution in [2.24, 2.45) is 5.73 Å². The average Bonchev–Trinajstić information content (AvgIpc) is 2.38. The molecule has 1 unspecified atom stereocenters. The minimum absolute atomic E-state index is 0. The van der Waals surface area contributed by atoms with Crippen LogP contribution in [0.2, 0.25) is 0 Å². The summed E-state index contributed by atoms with van der Waals surface area (Å²) in [5, 5.41) is 2.88. The van der Waals surface area contributed by atoms with E-state index >= 15 is 0 Å². The normalized spacial score (nSPS) is 19.0. The summed E-state index contributed by atoms with van der Waals surface area (Å²) >= 11 is 0. The van der Waals surface area contributed by atoms with Crippen LogP contribution in [0.1, 0.15) is 12.8 Å². The number of rotatable bonds is 4. The van der Waals surface area contributed by atoms with Gasteiger partial charge in [0.15, 0.2) is 0 Å². The third-order valence-electron chi connectivity index (χ3n) is 3.26. The highest BCUT2D eigenvalue weighted by atomic mass is 35.5. The lowest BCUT2D eigenvalue weighted by Gasteiger charge is -2.29. The molecule has 6 heteroatoms. The molecule has 1 aliphatic heterocycles. The van der Waals surface area contributed by atoms with Crippen LogP contribution in [-0.2, 0) is 4.79 Å². The fourth-order valence-electron chi connectivity index (χ4n) is 2.34. The van der Waals surface area contributed by atoms with Crippen molar-refractivity contribution < 1.29 is 9.53 Å². The largest absolute Gasteiger partial charge is 0.497 e. The Morgan fingerprint density at radius 3 is 3.05 bits per heavy atom. The molecule has 0 saturated carbocycles. The molecule has 1 fully saturated rings. The predicted molar refractivity (Wildman–Crippen MR) is 82.5 cm³/mol. The highest BCUT2D eigenvalue weighted by molar-refractivity contribution is 5.92. The molecule has 112 valence electrons. The van der Waals surface area contributed by atoms with E-state index in [-0.39, 0.29) is 24.4 Å². The van der Waals surface area contributed by atoms with E-state index in [1.165, 1.54) is 0 Å². The summed E-state index contributed by atoms with van der Waals surface area (Å²) in [6.45, 7) is 2.13. The number of benzene rings is 1. The molecule has 1 heterocycles. The molecule has 2 rings (SSSR count). The molecule has 1 amide bonds. The van der Waals surface area contributed by atoms with Gasteiger partial charge in [-0.05, 0) is 31.5 Å². The van der Waals surface area contributed by atoms with Crippen LogP contribution in [0.5, 0.6) is 5.75 Å². The summed E-state index contributed by atoms with van der Waals surface area (Å²) in [5.74, 6) is 0.722. The standard InChI is InChI=1S/C14H21N3O2.ClH/c1-19-13-6-2-5-12(8-13)16-14(18)10-17-7-3-4-11(15)9-17;/h2,5-6,8,11H,3-4,7,9-10,15H2,1H3,(H,16,18);1H. The number of hydrogen-bond acceptors (Lipinski definition) is 4. The van der Waals surface area contributed by atoms with Crippen molar-refractivity contribution in [3.63, 3.8) is 0 Å². The monoisotopic (exact) mass is 299 g/mol. The Balaban J connectivity index is 0.00000200. The first-order chi connectivity index (χ1) is 9.17. The second kappa shape index (κ2) is 8.09. The van der Waals surface area contributed by atoms with Crippen LogP contribution in [0, 0.1) is 0 Å². The molecule has 1 aromatic rings. The van der Waals surface area contributed by atoms with Crippen molar-refractivity contribution in [1.29, 1.82) is 0 Å². The molecule has 0 aromatic heterocycles. The Morgan fingerprint density at radius 1 is 1.55 bits per heavy atom. The van der Waals surface area contributed by atoms with E-state index in [0.29, 0.717) is 6.54 Å². The van der Waals surface area contributed by atoms with Crippen molar-refractivity contribution in [2.75, 3.05) is 32.1 Å². The summed E-state index contributed by atoms with van der Waals surface area (Å²) in [6.07, 6.45) is 2.11. The smallest absolute Gasteiger partial charge is 0.238 e. The maximum Gasteiger partial charge on any atom is 0.238 e. The van der Waals surface area contributed by atoms with Gasteiger partial charge in [-0.1, -0.05) is 6.07 Å². The van der Waals surface area contributed by atoms with E-state index in [9.17, 15) is 4.79 Å². The van der Waals surface area contributed by atoms with Gasteiger partial charge in [-0.2, -0.15) is 0 Å². The number of anilines is 1. The lowest BCUT2D eigenvalue weighted by molar-refractivity contribution is -0.117. The number of nitrogens with zero attached hydrogens (tertiary/aromatic N) is 1. The lowest BCUT2D eigenvalue weighted by Crippen LogP contribution is -2.45. The van der Waals surface area contributed by atoms with Gasteiger partial charge in [-0.3, -0.25) is 9.69 Å². The summed E-state index contributed by atoms with van der Waals surface area (Å²) < 4.78 is 5.12. The molecular weight excluding hydrogens is 278 g/mol. The number of nitrogens with two attached hydrogens (primary N) is 1. The maximum absolute atomic E-state index is 12.0. The lowest BCUT2D eigenvalue weighted by atomic mass is 10.1. The Hall–Kier alpha value is -1.30. The van der Waals surface area contributed by atoms with E-state index in [1.54, 1.807) is 13.2 Å². The summed E-state index contributed by atoms with van der Waals surface area (Å²) in [6, 6.07) is 7.55. The van der Waals surface area contributed by atoms with Crippen LogP contribution in [0.4, 0.5) is 5.69 Å². The molecule has 0 radical (unpaired) electrons. The second-order valence-electron chi connectivity index (χ2n) is 4.92. The maximum atomic E-state index is 12.0.